The van der Waals surface area contributed by atoms with Crippen molar-refractivity contribution in [3.8, 4) is 0 Å². The molecule has 1 atom stereocenters. The summed E-state index contributed by atoms with van der Waals surface area (Å²) in [5.74, 6) is 0.353. The van der Waals surface area contributed by atoms with Gasteiger partial charge >= 0.3 is 0 Å². The van der Waals surface area contributed by atoms with Gasteiger partial charge in [0, 0.05) is 39.1 Å². The summed E-state index contributed by atoms with van der Waals surface area (Å²) in [6.07, 6.45) is 1.94. The Kier molecular flexibility index (Phi) is 5.64. The Morgan fingerprint density at radius 1 is 1.37 bits per heavy atom. The van der Waals surface area contributed by atoms with Crippen molar-refractivity contribution in [3.63, 3.8) is 0 Å². The zero-order valence-electron chi connectivity index (χ0n) is 15.7. The van der Waals surface area contributed by atoms with Crippen molar-refractivity contribution in [2.45, 2.75) is 43.4 Å². The summed E-state index contributed by atoms with van der Waals surface area (Å²) in [4.78, 5) is 4.36. The van der Waals surface area contributed by atoms with Crippen LogP contribution in [0.4, 0.5) is 4.39 Å². The van der Waals surface area contributed by atoms with Gasteiger partial charge in [0.15, 0.2) is 5.82 Å². The Hall–Kier alpha value is -1.84. The molecule has 1 aliphatic heterocycles. The Balaban J connectivity index is 1.98. The van der Waals surface area contributed by atoms with Crippen LogP contribution in [0.25, 0.3) is 0 Å². The SMILES string of the molecule is COCC[C@]1(c2noc(C)n2)CCCN(S(=O)(=O)c2cc(F)ccc2C)C1. The molecule has 0 saturated carbocycles. The quantitative estimate of drug-likeness (QED) is 0.745. The first-order chi connectivity index (χ1) is 12.8. The first-order valence-electron chi connectivity index (χ1n) is 8.84. The van der Waals surface area contributed by atoms with E-state index in [2.05, 4.69) is 10.1 Å². The lowest BCUT2D eigenvalue weighted by Gasteiger charge is -2.40. The fraction of sp³-hybridized carbons (Fsp3) is 0.556. The highest BCUT2D eigenvalue weighted by Gasteiger charge is 2.44. The first kappa shape index (κ1) is 19.9. The molecule has 2 heterocycles. The molecule has 0 radical (unpaired) electrons. The topological polar surface area (TPSA) is 85.5 Å². The zero-order valence-corrected chi connectivity index (χ0v) is 16.6. The number of ether oxygens (including phenoxy) is 1. The van der Waals surface area contributed by atoms with Gasteiger partial charge in [0.25, 0.3) is 0 Å². The van der Waals surface area contributed by atoms with Crippen LogP contribution in [0.1, 0.15) is 36.5 Å². The van der Waals surface area contributed by atoms with Crippen LogP contribution >= 0.6 is 0 Å². The van der Waals surface area contributed by atoms with Crippen molar-refractivity contribution < 1.29 is 22.1 Å². The van der Waals surface area contributed by atoms with E-state index < -0.39 is 21.3 Å². The highest BCUT2D eigenvalue weighted by atomic mass is 32.2. The Labute approximate surface area is 158 Å². The molecule has 0 bridgehead atoms. The number of aromatic nitrogens is 2. The van der Waals surface area contributed by atoms with E-state index >= 15 is 0 Å². The van der Waals surface area contributed by atoms with E-state index in [1.807, 2.05) is 0 Å². The van der Waals surface area contributed by atoms with Crippen molar-refractivity contribution in [2.24, 2.45) is 0 Å². The Bertz CT molecular complexity index is 915. The monoisotopic (exact) mass is 397 g/mol. The number of sulfonamides is 1. The molecular weight excluding hydrogens is 373 g/mol. The third-order valence-electron chi connectivity index (χ3n) is 5.10. The molecule has 0 amide bonds. The van der Waals surface area contributed by atoms with Crippen LogP contribution in [0, 0.1) is 19.7 Å². The van der Waals surface area contributed by atoms with Gasteiger partial charge in [0.05, 0.1) is 4.90 Å². The Morgan fingerprint density at radius 2 is 2.15 bits per heavy atom. The van der Waals surface area contributed by atoms with Gasteiger partial charge in [0.2, 0.25) is 15.9 Å². The molecule has 0 aliphatic carbocycles. The number of hydrogen-bond acceptors (Lipinski definition) is 6. The van der Waals surface area contributed by atoms with Gasteiger partial charge < -0.3 is 9.26 Å². The van der Waals surface area contributed by atoms with Gasteiger partial charge in [-0.25, -0.2) is 12.8 Å². The minimum atomic E-state index is -3.85. The Morgan fingerprint density at radius 3 is 2.81 bits per heavy atom. The van der Waals surface area contributed by atoms with Crippen molar-refractivity contribution in [3.05, 3.63) is 41.3 Å². The molecule has 1 saturated heterocycles. The van der Waals surface area contributed by atoms with E-state index in [1.54, 1.807) is 21.0 Å². The predicted molar refractivity (Wildman–Crippen MR) is 96.3 cm³/mol. The lowest BCUT2D eigenvalue weighted by Crippen LogP contribution is -2.49. The molecule has 9 heteroatoms. The van der Waals surface area contributed by atoms with Gasteiger partial charge in [-0.1, -0.05) is 11.2 Å². The van der Waals surface area contributed by atoms with E-state index in [1.165, 1.54) is 16.4 Å². The summed E-state index contributed by atoms with van der Waals surface area (Å²) in [7, 11) is -2.25. The lowest BCUT2D eigenvalue weighted by atomic mass is 9.77. The maximum absolute atomic E-state index is 13.7. The van der Waals surface area contributed by atoms with Crippen LogP contribution in [-0.4, -0.2) is 49.7 Å². The van der Waals surface area contributed by atoms with E-state index in [4.69, 9.17) is 9.26 Å². The van der Waals surface area contributed by atoms with Crippen molar-refractivity contribution in [1.82, 2.24) is 14.4 Å². The summed E-state index contributed by atoms with van der Waals surface area (Å²) in [6, 6.07) is 3.82. The van der Waals surface area contributed by atoms with E-state index in [-0.39, 0.29) is 11.4 Å². The smallest absolute Gasteiger partial charge is 0.243 e. The fourth-order valence-corrected chi connectivity index (χ4v) is 5.40. The second-order valence-corrected chi connectivity index (χ2v) is 8.92. The molecular formula is C18H24FN3O4S. The number of nitrogens with zero attached hydrogens (tertiary/aromatic N) is 3. The van der Waals surface area contributed by atoms with Gasteiger partial charge in [0.1, 0.15) is 5.82 Å². The molecule has 1 fully saturated rings. The van der Waals surface area contributed by atoms with E-state index in [0.717, 1.165) is 12.5 Å². The molecule has 0 spiro atoms. The van der Waals surface area contributed by atoms with Crippen molar-refractivity contribution in [2.75, 3.05) is 26.8 Å². The predicted octanol–water partition coefficient (Wildman–Crippen LogP) is 2.58. The number of halogens is 1. The maximum atomic E-state index is 13.7. The number of hydrogen-bond donors (Lipinski definition) is 0. The first-order valence-corrected chi connectivity index (χ1v) is 10.3. The summed E-state index contributed by atoms with van der Waals surface area (Å²) < 4.78 is 51.9. The summed E-state index contributed by atoms with van der Waals surface area (Å²) in [5, 5.41) is 4.06. The highest BCUT2D eigenvalue weighted by Crippen LogP contribution is 2.38. The second kappa shape index (κ2) is 7.65. The number of piperidine rings is 1. The second-order valence-electron chi connectivity index (χ2n) is 7.01. The highest BCUT2D eigenvalue weighted by molar-refractivity contribution is 7.89. The summed E-state index contributed by atoms with van der Waals surface area (Å²) >= 11 is 0. The number of rotatable bonds is 6. The number of methoxy groups -OCH3 is 1. The van der Waals surface area contributed by atoms with E-state index in [9.17, 15) is 12.8 Å². The average molecular weight is 397 g/mol. The van der Waals surface area contributed by atoms with Gasteiger partial charge in [-0.15, -0.1) is 0 Å². The molecule has 1 aromatic heterocycles. The van der Waals surface area contributed by atoms with E-state index in [0.29, 0.717) is 43.3 Å². The van der Waals surface area contributed by atoms with Crippen LogP contribution in [0.5, 0.6) is 0 Å². The molecule has 3 rings (SSSR count). The van der Waals surface area contributed by atoms with Crippen LogP contribution in [0.15, 0.2) is 27.6 Å². The van der Waals surface area contributed by atoms with Crippen LogP contribution in [0.3, 0.4) is 0 Å². The maximum Gasteiger partial charge on any atom is 0.243 e. The minimum Gasteiger partial charge on any atom is -0.385 e. The third-order valence-corrected chi connectivity index (χ3v) is 7.08. The number of aryl methyl sites for hydroxylation is 2. The van der Waals surface area contributed by atoms with Crippen LogP contribution in [0.2, 0.25) is 0 Å². The number of benzene rings is 1. The lowest BCUT2D eigenvalue weighted by molar-refractivity contribution is 0.128. The molecule has 7 nitrogen and oxygen atoms in total. The molecule has 27 heavy (non-hydrogen) atoms. The largest absolute Gasteiger partial charge is 0.385 e. The third kappa shape index (κ3) is 3.90. The fourth-order valence-electron chi connectivity index (χ4n) is 3.60. The summed E-state index contributed by atoms with van der Waals surface area (Å²) in [6.45, 7) is 4.38. The van der Waals surface area contributed by atoms with Crippen molar-refractivity contribution in [1.29, 1.82) is 0 Å². The molecule has 148 valence electrons. The average Bonchev–Trinajstić information content (AvgIpc) is 3.09. The molecule has 0 N–H and O–H groups in total. The van der Waals surface area contributed by atoms with Crippen molar-refractivity contribution >= 4 is 10.0 Å². The normalized spacial score (nSPS) is 21.5. The van der Waals surface area contributed by atoms with Gasteiger partial charge in [-0.05, 0) is 43.9 Å². The molecule has 1 aromatic carbocycles. The molecule has 2 aromatic rings. The van der Waals surface area contributed by atoms with Gasteiger partial charge in [-0.2, -0.15) is 9.29 Å². The van der Waals surface area contributed by atoms with Crippen LogP contribution < -0.4 is 0 Å². The zero-order chi connectivity index (χ0) is 19.7. The van der Waals surface area contributed by atoms with Gasteiger partial charge in [-0.3, -0.25) is 0 Å². The summed E-state index contributed by atoms with van der Waals surface area (Å²) in [5.41, 5.74) is -0.0831. The molecule has 1 aliphatic rings. The van der Waals surface area contributed by atoms with Crippen LogP contribution in [-0.2, 0) is 20.2 Å². The standard InChI is InChI=1S/C18H24FN3O4S/c1-13-5-6-15(19)11-16(13)27(23,24)22-9-4-7-18(12-22,8-10-25-3)17-20-14(2)26-21-17/h5-6,11H,4,7-10,12H2,1-3H3/t18-/m1/s1. The molecule has 0 unspecified atom stereocenters. The minimum absolute atomic E-state index is 0.00525.